The predicted molar refractivity (Wildman–Crippen MR) is 169 cm³/mol. The first-order valence-corrected chi connectivity index (χ1v) is 16.7. The summed E-state index contributed by atoms with van der Waals surface area (Å²) in [4.78, 5) is 42.7. The van der Waals surface area contributed by atoms with Gasteiger partial charge in [0.2, 0.25) is 0 Å². The molecule has 0 saturated carbocycles. The molecule has 0 aromatic rings. The van der Waals surface area contributed by atoms with Crippen molar-refractivity contribution in [2.45, 2.75) is 135 Å². The number of fused-ring (bicyclic) bond motifs is 4. The molecule has 12 nitrogen and oxygen atoms in total. The van der Waals surface area contributed by atoms with E-state index in [4.69, 9.17) is 28.4 Å². The molecule has 2 N–H and O–H groups in total. The number of nitrogens with one attached hydrogen (secondary N) is 1. The SMILES string of the molecule is C=C1CO[C@@H]2[C@H](C)[C@@H](O[C@@H]3O[C@H](C)C[C@H](N(C)C)[C@H]3O)[C@](C)(C[C@@H](C)C(=O)[C@H](C)[C@H]3NC(=O)O[C@]3(C)[C@@H](CC)OC(=O)[C@@H]2C)OC1. The molecule has 2 bridgehead atoms. The molecule has 4 rings (SSSR count). The first-order chi connectivity index (χ1) is 21.4. The highest BCUT2D eigenvalue weighted by atomic mass is 16.7. The van der Waals surface area contributed by atoms with Gasteiger partial charge in [-0.3, -0.25) is 9.59 Å². The van der Waals surface area contributed by atoms with Gasteiger partial charge in [-0.2, -0.15) is 0 Å². The lowest BCUT2D eigenvalue weighted by atomic mass is 9.73. The van der Waals surface area contributed by atoms with Crippen molar-refractivity contribution >= 4 is 17.8 Å². The van der Waals surface area contributed by atoms with Crippen LogP contribution in [0.4, 0.5) is 4.79 Å². The van der Waals surface area contributed by atoms with Crippen LogP contribution in [0, 0.1) is 23.7 Å². The molecule has 0 aliphatic carbocycles. The van der Waals surface area contributed by atoms with E-state index in [1.165, 1.54) is 0 Å². The van der Waals surface area contributed by atoms with Crippen molar-refractivity contribution in [1.29, 1.82) is 0 Å². The van der Waals surface area contributed by atoms with Gasteiger partial charge in [-0.1, -0.05) is 34.3 Å². The van der Waals surface area contributed by atoms with Crippen molar-refractivity contribution < 1.29 is 47.9 Å². The minimum Gasteiger partial charge on any atom is -0.458 e. The van der Waals surface area contributed by atoms with Crippen molar-refractivity contribution in [1.82, 2.24) is 10.2 Å². The number of alkyl carbamates (subject to hydrolysis) is 1. The van der Waals surface area contributed by atoms with Crippen LogP contribution >= 0.6 is 0 Å². The molecule has 0 radical (unpaired) electrons. The van der Waals surface area contributed by atoms with Crippen molar-refractivity contribution in [3.8, 4) is 0 Å². The lowest BCUT2D eigenvalue weighted by molar-refractivity contribution is -0.302. The molecule has 4 saturated heterocycles. The Morgan fingerprint density at radius 2 is 1.74 bits per heavy atom. The fourth-order valence-electron chi connectivity index (χ4n) is 8.09. The van der Waals surface area contributed by atoms with Crippen LogP contribution in [0.15, 0.2) is 12.2 Å². The topological polar surface area (TPSA) is 142 Å². The number of hydrogen-bond donors (Lipinski definition) is 2. The molecule has 14 atom stereocenters. The molecular formula is C34H56N2O10. The van der Waals surface area contributed by atoms with Crippen LogP contribution in [0.3, 0.4) is 0 Å². The van der Waals surface area contributed by atoms with Crippen LogP contribution in [0.25, 0.3) is 0 Å². The van der Waals surface area contributed by atoms with Crippen molar-refractivity contribution in [2.24, 2.45) is 23.7 Å². The van der Waals surface area contributed by atoms with Crippen LogP contribution in [0.2, 0.25) is 0 Å². The Labute approximate surface area is 273 Å². The quantitative estimate of drug-likeness (QED) is 0.342. The number of nitrogens with zero attached hydrogens (tertiary/aromatic N) is 1. The van der Waals surface area contributed by atoms with Gasteiger partial charge in [-0.05, 0) is 66.6 Å². The number of ether oxygens (including phenoxy) is 6. The van der Waals surface area contributed by atoms with Gasteiger partial charge >= 0.3 is 12.1 Å². The minimum atomic E-state index is -1.27. The molecule has 4 heterocycles. The molecule has 0 unspecified atom stereocenters. The van der Waals surface area contributed by atoms with Gasteiger partial charge in [0.05, 0.1) is 49.1 Å². The summed E-state index contributed by atoms with van der Waals surface area (Å²) in [7, 11) is 3.82. The maximum atomic E-state index is 14.2. The summed E-state index contributed by atoms with van der Waals surface area (Å²) in [6, 6.07) is -0.946. The first-order valence-electron chi connectivity index (χ1n) is 16.7. The van der Waals surface area contributed by atoms with E-state index in [0.29, 0.717) is 18.4 Å². The van der Waals surface area contributed by atoms with Crippen LogP contribution in [-0.4, -0.2) is 115 Å². The van der Waals surface area contributed by atoms with E-state index in [-0.39, 0.29) is 37.6 Å². The standard InChI is InChI=1S/C34H56N2O10/c1-12-24-34(9)28(35-32(40)46-34)20(5)25(37)18(3)14-33(8)29(45-31-26(38)23(36(10)11)13-19(4)43-31)21(6)27(22(7)30(39)44-24)41-15-17(2)16-42-33/h18-24,26-29,31,38H,2,12-16H2,1,3-11H3,(H,35,40)/t18-,19-,20+,21+,22-,23+,24-,26-,27-,28-,29-,31+,33+,34-/m1/s1. The fraction of sp³-hybridized carbons (Fsp3) is 0.853. The zero-order valence-corrected chi connectivity index (χ0v) is 29.2. The minimum absolute atomic E-state index is 0.105. The molecule has 0 spiro atoms. The smallest absolute Gasteiger partial charge is 0.408 e. The summed E-state index contributed by atoms with van der Waals surface area (Å²) in [6.07, 6.45) is -3.93. The Kier molecular flexibility index (Phi) is 11.3. The summed E-state index contributed by atoms with van der Waals surface area (Å²) in [6.45, 7) is 19.1. The average Bonchev–Trinajstić information content (AvgIpc) is 3.32. The highest BCUT2D eigenvalue weighted by Crippen LogP contribution is 2.42. The van der Waals surface area contributed by atoms with E-state index < -0.39 is 83.7 Å². The largest absolute Gasteiger partial charge is 0.458 e. The van der Waals surface area contributed by atoms with Crippen molar-refractivity contribution in [3.05, 3.63) is 12.2 Å². The number of hydrogen-bond acceptors (Lipinski definition) is 11. The number of rotatable bonds is 4. The second-order valence-corrected chi connectivity index (χ2v) is 14.7. The second-order valence-electron chi connectivity index (χ2n) is 14.7. The van der Waals surface area contributed by atoms with Crippen LogP contribution < -0.4 is 5.32 Å². The molecule has 4 aliphatic rings. The number of carbonyl (C=O) groups excluding carboxylic acids is 3. The molecule has 0 aromatic carbocycles. The van der Waals surface area contributed by atoms with Gasteiger partial charge in [-0.25, -0.2) is 4.79 Å². The number of aliphatic hydroxyl groups excluding tert-OH is 1. The number of aliphatic hydroxyl groups is 1. The van der Waals surface area contributed by atoms with E-state index in [0.717, 1.165) is 0 Å². The Hall–Kier alpha value is -2.09. The zero-order valence-electron chi connectivity index (χ0n) is 29.2. The summed E-state index contributed by atoms with van der Waals surface area (Å²) < 4.78 is 37.9. The van der Waals surface area contributed by atoms with Gasteiger partial charge in [0.25, 0.3) is 0 Å². The lowest BCUT2D eigenvalue weighted by Gasteiger charge is -2.48. The monoisotopic (exact) mass is 652 g/mol. The van der Waals surface area contributed by atoms with E-state index >= 15 is 0 Å². The maximum absolute atomic E-state index is 14.2. The van der Waals surface area contributed by atoms with Crippen LogP contribution in [-0.2, 0) is 38.0 Å². The summed E-state index contributed by atoms with van der Waals surface area (Å²) in [5.74, 6) is -3.12. The molecule has 262 valence electrons. The van der Waals surface area contributed by atoms with Crippen molar-refractivity contribution in [2.75, 3.05) is 27.3 Å². The van der Waals surface area contributed by atoms with E-state index in [9.17, 15) is 19.5 Å². The van der Waals surface area contributed by atoms with Gasteiger partial charge in [0.15, 0.2) is 11.9 Å². The highest BCUT2D eigenvalue weighted by molar-refractivity contribution is 5.85. The predicted octanol–water partition coefficient (Wildman–Crippen LogP) is 3.23. The summed E-state index contributed by atoms with van der Waals surface area (Å²) in [5, 5.41) is 14.3. The van der Waals surface area contributed by atoms with E-state index in [1.807, 2.05) is 53.6 Å². The van der Waals surface area contributed by atoms with Gasteiger partial charge in [0, 0.05) is 23.8 Å². The average molecular weight is 653 g/mol. The van der Waals surface area contributed by atoms with Gasteiger partial charge in [-0.15, -0.1) is 0 Å². The Bertz CT molecular complexity index is 1150. The van der Waals surface area contributed by atoms with E-state index in [2.05, 4.69) is 11.9 Å². The number of carbonyl (C=O) groups is 3. The zero-order chi connectivity index (χ0) is 34.3. The molecule has 0 aromatic heterocycles. The number of Topliss-reactive ketones (excluding diaryl/α,β-unsaturated/α-hetero) is 1. The number of ketones is 1. The molecule has 4 fully saturated rings. The van der Waals surface area contributed by atoms with Gasteiger partial charge in [0.1, 0.15) is 18.0 Å². The maximum Gasteiger partial charge on any atom is 0.408 e. The summed E-state index contributed by atoms with van der Waals surface area (Å²) in [5.41, 5.74) is -1.72. The normalized spacial score (nSPS) is 46.3. The van der Waals surface area contributed by atoms with Crippen LogP contribution in [0.5, 0.6) is 0 Å². The van der Waals surface area contributed by atoms with Gasteiger partial charge < -0.3 is 43.7 Å². The Morgan fingerprint density at radius 1 is 1.07 bits per heavy atom. The third kappa shape index (κ3) is 7.17. The number of likely N-dealkylation sites (N-methyl/N-ethyl adjacent to an activating group) is 1. The van der Waals surface area contributed by atoms with Crippen molar-refractivity contribution in [3.63, 3.8) is 0 Å². The number of cyclic esters (lactones) is 1. The third-order valence-corrected chi connectivity index (χ3v) is 10.7. The highest BCUT2D eigenvalue weighted by Gasteiger charge is 2.57. The number of esters is 1. The second kappa shape index (κ2) is 14.2. The number of amides is 1. The van der Waals surface area contributed by atoms with Crippen LogP contribution in [0.1, 0.15) is 74.7 Å². The molecular weight excluding hydrogens is 596 g/mol. The third-order valence-electron chi connectivity index (χ3n) is 10.7. The summed E-state index contributed by atoms with van der Waals surface area (Å²) >= 11 is 0. The Morgan fingerprint density at radius 3 is 2.37 bits per heavy atom. The molecule has 46 heavy (non-hydrogen) atoms. The molecule has 12 heteroatoms. The Balaban J connectivity index is 1.83. The van der Waals surface area contributed by atoms with E-state index in [1.54, 1.807) is 20.8 Å². The first kappa shape index (κ1) is 36.7. The lowest BCUT2D eigenvalue weighted by Crippen LogP contribution is -2.60. The fourth-order valence-corrected chi connectivity index (χ4v) is 8.09. The molecule has 4 aliphatic heterocycles. The molecule has 1 amide bonds.